The third kappa shape index (κ3) is 0.958. The minimum atomic E-state index is -0.0220. The largest absolute Gasteiger partial charge is 0.308 e. The summed E-state index contributed by atoms with van der Waals surface area (Å²) in [5, 5.41) is 0. The molecule has 0 amide bonds. The van der Waals surface area contributed by atoms with Gasteiger partial charge in [-0.2, -0.15) is 0 Å². The number of nitrogens with zero attached hydrogens (tertiary/aromatic N) is 3. The molecule has 0 unspecified atom stereocenters. The van der Waals surface area contributed by atoms with Crippen LogP contribution >= 0.6 is 0 Å². The molecule has 0 aliphatic heterocycles. The zero-order valence-corrected chi connectivity index (χ0v) is 8.21. The van der Waals surface area contributed by atoms with Crippen LogP contribution in [-0.4, -0.2) is 14.0 Å². The Morgan fingerprint density at radius 2 is 1.87 bits per heavy atom. The van der Waals surface area contributed by atoms with Gasteiger partial charge in [0.05, 0.1) is 23.6 Å². The molecular formula is C11H9N3O. The summed E-state index contributed by atoms with van der Waals surface area (Å²) in [6, 6.07) is 7.77. The fourth-order valence-electron chi connectivity index (χ4n) is 1.88. The van der Waals surface area contributed by atoms with Crippen molar-refractivity contribution >= 4 is 16.6 Å². The lowest BCUT2D eigenvalue weighted by molar-refractivity contribution is 0.900. The Bertz CT molecular complexity index is 708. The van der Waals surface area contributed by atoms with Crippen LogP contribution in [0.1, 0.15) is 0 Å². The molecule has 0 radical (unpaired) electrons. The predicted octanol–water partition coefficient (Wildman–Crippen LogP) is 1.19. The summed E-state index contributed by atoms with van der Waals surface area (Å²) in [5.74, 6) is 0. The van der Waals surface area contributed by atoms with E-state index in [9.17, 15) is 4.79 Å². The Kier molecular flexibility index (Phi) is 1.48. The summed E-state index contributed by atoms with van der Waals surface area (Å²) in [4.78, 5) is 15.9. The number of imidazole rings is 1. The van der Waals surface area contributed by atoms with Gasteiger partial charge in [-0.25, -0.2) is 4.98 Å². The average molecular weight is 199 g/mol. The van der Waals surface area contributed by atoms with Crippen molar-refractivity contribution < 1.29 is 0 Å². The van der Waals surface area contributed by atoms with E-state index in [1.807, 2.05) is 28.7 Å². The van der Waals surface area contributed by atoms with Crippen molar-refractivity contribution in [1.29, 1.82) is 0 Å². The van der Waals surface area contributed by atoms with E-state index in [1.54, 1.807) is 24.1 Å². The lowest BCUT2D eigenvalue weighted by atomic mass is 10.3. The van der Waals surface area contributed by atoms with E-state index in [0.29, 0.717) is 5.52 Å². The first kappa shape index (κ1) is 8.23. The predicted molar refractivity (Wildman–Crippen MR) is 57.9 cm³/mol. The number of aryl methyl sites for hydroxylation is 1. The second-order valence-electron chi connectivity index (χ2n) is 3.50. The highest BCUT2D eigenvalue weighted by atomic mass is 16.1. The summed E-state index contributed by atoms with van der Waals surface area (Å²) in [6.07, 6.45) is 3.26. The molecule has 2 heterocycles. The Labute approximate surface area is 85.4 Å². The van der Waals surface area contributed by atoms with Crippen LogP contribution in [0.25, 0.3) is 16.6 Å². The van der Waals surface area contributed by atoms with Gasteiger partial charge in [-0.15, -0.1) is 0 Å². The molecule has 0 saturated heterocycles. The van der Waals surface area contributed by atoms with Crippen molar-refractivity contribution in [3.63, 3.8) is 0 Å². The number of hydrogen-bond donors (Lipinski definition) is 0. The van der Waals surface area contributed by atoms with Crippen LogP contribution in [0.5, 0.6) is 0 Å². The lowest BCUT2D eigenvalue weighted by Crippen LogP contribution is -2.19. The van der Waals surface area contributed by atoms with Crippen molar-refractivity contribution in [2.24, 2.45) is 7.05 Å². The Hall–Kier alpha value is -2.10. The lowest BCUT2D eigenvalue weighted by Gasteiger charge is -2.06. The summed E-state index contributed by atoms with van der Waals surface area (Å²) in [7, 11) is 1.78. The van der Waals surface area contributed by atoms with E-state index in [4.69, 9.17) is 0 Å². The molecule has 4 nitrogen and oxygen atoms in total. The van der Waals surface area contributed by atoms with Crippen LogP contribution in [0.4, 0.5) is 0 Å². The molecule has 0 N–H and O–H groups in total. The molecule has 0 saturated carbocycles. The summed E-state index contributed by atoms with van der Waals surface area (Å²) in [6.45, 7) is 0. The van der Waals surface area contributed by atoms with Crippen LogP contribution < -0.4 is 5.56 Å². The van der Waals surface area contributed by atoms with Gasteiger partial charge in [0.2, 0.25) is 0 Å². The van der Waals surface area contributed by atoms with Crippen molar-refractivity contribution in [3.8, 4) is 0 Å². The van der Waals surface area contributed by atoms with Gasteiger partial charge in [0.1, 0.15) is 5.52 Å². The van der Waals surface area contributed by atoms with Crippen LogP contribution in [0.3, 0.4) is 0 Å². The minimum absolute atomic E-state index is 0.0220. The summed E-state index contributed by atoms with van der Waals surface area (Å²) in [5.41, 5.74) is 2.49. The monoisotopic (exact) mass is 199 g/mol. The van der Waals surface area contributed by atoms with Crippen LogP contribution in [0.15, 0.2) is 41.6 Å². The Morgan fingerprint density at radius 3 is 2.67 bits per heavy atom. The van der Waals surface area contributed by atoms with Gasteiger partial charge < -0.3 is 4.57 Å². The van der Waals surface area contributed by atoms with Gasteiger partial charge in [-0.05, 0) is 12.1 Å². The topological polar surface area (TPSA) is 39.3 Å². The highest BCUT2D eigenvalue weighted by molar-refractivity contribution is 5.78. The Morgan fingerprint density at radius 1 is 1.13 bits per heavy atom. The first-order valence-electron chi connectivity index (χ1n) is 4.69. The second-order valence-corrected chi connectivity index (χ2v) is 3.50. The zero-order chi connectivity index (χ0) is 10.4. The third-order valence-electron chi connectivity index (χ3n) is 2.66. The maximum atomic E-state index is 11.9. The fraction of sp³-hybridized carbons (Fsp3) is 0.0909. The maximum Gasteiger partial charge on any atom is 0.276 e. The molecule has 0 bridgehead atoms. The molecule has 0 atom stereocenters. The standard InChI is InChI=1S/C11H9N3O/c1-13-8-4-2-3-5-9(8)14-7-12-6-10(14)11(13)15/h2-7H,1H3. The van der Waals surface area contributed by atoms with Crippen molar-refractivity contribution in [3.05, 3.63) is 47.1 Å². The van der Waals surface area contributed by atoms with Gasteiger partial charge in [0, 0.05) is 7.05 Å². The molecule has 0 aliphatic rings. The van der Waals surface area contributed by atoms with E-state index in [0.717, 1.165) is 11.0 Å². The molecule has 2 aromatic heterocycles. The first-order chi connectivity index (χ1) is 7.29. The average Bonchev–Trinajstić information content (AvgIpc) is 2.75. The van der Waals surface area contributed by atoms with E-state index in [1.165, 1.54) is 0 Å². The first-order valence-corrected chi connectivity index (χ1v) is 4.69. The maximum absolute atomic E-state index is 11.9. The molecule has 15 heavy (non-hydrogen) atoms. The molecule has 0 spiro atoms. The summed E-state index contributed by atoms with van der Waals surface area (Å²) < 4.78 is 3.46. The number of benzene rings is 1. The van der Waals surface area contributed by atoms with Gasteiger partial charge in [0.25, 0.3) is 5.56 Å². The fourth-order valence-corrected chi connectivity index (χ4v) is 1.88. The molecule has 74 valence electrons. The van der Waals surface area contributed by atoms with E-state index >= 15 is 0 Å². The molecule has 0 fully saturated rings. The van der Waals surface area contributed by atoms with Crippen molar-refractivity contribution in [1.82, 2.24) is 14.0 Å². The quantitative estimate of drug-likeness (QED) is 0.545. The van der Waals surface area contributed by atoms with Crippen LogP contribution in [0, 0.1) is 0 Å². The molecule has 3 rings (SSSR count). The highest BCUT2D eigenvalue weighted by Crippen LogP contribution is 2.12. The molecular weight excluding hydrogens is 190 g/mol. The minimum Gasteiger partial charge on any atom is -0.308 e. The number of rotatable bonds is 0. The normalized spacial score (nSPS) is 11.3. The zero-order valence-electron chi connectivity index (χ0n) is 8.21. The van der Waals surface area contributed by atoms with E-state index in [2.05, 4.69) is 4.98 Å². The summed E-state index contributed by atoms with van der Waals surface area (Å²) >= 11 is 0. The van der Waals surface area contributed by atoms with Crippen LogP contribution in [0.2, 0.25) is 0 Å². The molecule has 3 aromatic rings. The van der Waals surface area contributed by atoms with Crippen molar-refractivity contribution in [2.45, 2.75) is 0 Å². The molecule has 1 aromatic carbocycles. The van der Waals surface area contributed by atoms with Gasteiger partial charge in [-0.3, -0.25) is 9.20 Å². The number of para-hydroxylation sites is 2. The smallest absolute Gasteiger partial charge is 0.276 e. The van der Waals surface area contributed by atoms with Gasteiger partial charge in [0.15, 0.2) is 0 Å². The third-order valence-corrected chi connectivity index (χ3v) is 2.66. The molecule has 0 aliphatic carbocycles. The number of hydrogen-bond acceptors (Lipinski definition) is 2. The highest BCUT2D eigenvalue weighted by Gasteiger charge is 2.06. The second kappa shape index (κ2) is 2.70. The number of fused-ring (bicyclic) bond motifs is 3. The van der Waals surface area contributed by atoms with Gasteiger partial charge >= 0.3 is 0 Å². The van der Waals surface area contributed by atoms with Crippen molar-refractivity contribution in [2.75, 3.05) is 0 Å². The van der Waals surface area contributed by atoms with Crippen LogP contribution in [-0.2, 0) is 7.05 Å². The van der Waals surface area contributed by atoms with E-state index in [-0.39, 0.29) is 5.56 Å². The van der Waals surface area contributed by atoms with Gasteiger partial charge in [-0.1, -0.05) is 12.1 Å². The van der Waals surface area contributed by atoms with E-state index < -0.39 is 0 Å². The number of aromatic nitrogens is 3. The SMILES string of the molecule is Cn1c(=O)c2cncn2c2ccccc21. The molecule has 4 heteroatoms. The Balaban J connectivity index is 2.77.